The van der Waals surface area contributed by atoms with Crippen molar-refractivity contribution in [1.82, 2.24) is 14.9 Å². The zero-order valence-corrected chi connectivity index (χ0v) is 20.8. The number of aryl methyl sites for hydroxylation is 1. The number of nitrogens with one attached hydrogen (secondary N) is 2. The lowest BCUT2D eigenvalue weighted by molar-refractivity contribution is 0.241. The SMILES string of the molecule is CCCc1ccc(S(=O)(=O)N2CCC3(CC2)NCCN=C3NCc2cc(F)cc(F)c2)cc1.Cl. The van der Waals surface area contributed by atoms with Crippen molar-refractivity contribution in [2.45, 2.75) is 49.6 Å². The molecule has 2 heterocycles. The van der Waals surface area contributed by atoms with Crippen LogP contribution in [0.5, 0.6) is 0 Å². The fourth-order valence-electron chi connectivity index (χ4n) is 4.61. The standard InChI is InChI=1S/C24H30F2N4O2S.ClH/c1-2-3-18-4-6-22(7-5-18)33(31,32)30-12-8-24(9-13-30)23(27-10-11-29-24)28-17-19-14-20(25)16-21(26)15-19;/h4-7,14-16,29H,2-3,8-13,17H2,1H3,(H,27,28);1H. The Kier molecular flexibility index (Phi) is 8.67. The number of nitrogens with zero attached hydrogens (tertiary/aromatic N) is 2. The number of sulfonamides is 1. The number of benzene rings is 2. The minimum Gasteiger partial charge on any atom is -0.368 e. The average molecular weight is 513 g/mol. The molecule has 0 amide bonds. The summed E-state index contributed by atoms with van der Waals surface area (Å²) in [6.07, 6.45) is 3.06. The molecule has 1 fully saturated rings. The first-order valence-electron chi connectivity index (χ1n) is 11.4. The monoisotopic (exact) mass is 512 g/mol. The van der Waals surface area contributed by atoms with Crippen LogP contribution in [-0.4, -0.2) is 50.3 Å². The Labute approximate surface area is 206 Å². The fourth-order valence-corrected chi connectivity index (χ4v) is 6.05. The third-order valence-corrected chi connectivity index (χ3v) is 8.27. The van der Waals surface area contributed by atoms with Gasteiger partial charge in [-0.2, -0.15) is 4.31 Å². The van der Waals surface area contributed by atoms with Gasteiger partial charge in [-0.15, -0.1) is 12.4 Å². The van der Waals surface area contributed by atoms with E-state index in [1.165, 1.54) is 16.4 Å². The average Bonchev–Trinajstić information content (AvgIpc) is 2.79. The molecule has 0 bridgehead atoms. The molecule has 2 aromatic rings. The second-order valence-electron chi connectivity index (χ2n) is 8.67. The topological polar surface area (TPSA) is 73.8 Å². The number of hydrogen-bond donors (Lipinski definition) is 2. The van der Waals surface area contributed by atoms with Gasteiger partial charge in [0.05, 0.1) is 17.0 Å². The first-order chi connectivity index (χ1) is 15.8. The summed E-state index contributed by atoms with van der Waals surface area (Å²) in [5, 5.41) is 6.76. The molecule has 2 aliphatic rings. The van der Waals surface area contributed by atoms with E-state index in [0.717, 1.165) is 30.3 Å². The Bertz CT molecular complexity index is 1100. The zero-order chi connectivity index (χ0) is 23.5. The van der Waals surface area contributed by atoms with Crippen LogP contribution in [0.2, 0.25) is 0 Å². The Balaban J connectivity index is 0.00000324. The first kappa shape index (κ1) is 26.5. The van der Waals surface area contributed by atoms with Gasteiger partial charge < -0.3 is 10.6 Å². The van der Waals surface area contributed by atoms with E-state index in [0.29, 0.717) is 49.5 Å². The second-order valence-corrected chi connectivity index (χ2v) is 10.6. The van der Waals surface area contributed by atoms with Gasteiger partial charge in [0.2, 0.25) is 10.0 Å². The molecule has 0 radical (unpaired) electrons. The van der Waals surface area contributed by atoms with E-state index in [4.69, 9.17) is 0 Å². The van der Waals surface area contributed by atoms with E-state index in [-0.39, 0.29) is 19.0 Å². The lowest BCUT2D eigenvalue weighted by Gasteiger charge is -2.44. The molecule has 10 heteroatoms. The van der Waals surface area contributed by atoms with Crippen LogP contribution >= 0.6 is 12.4 Å². The highest BCUT2D eigenvalue weighted by atomic mass is 35.5. The first-order valence-corrected chi connectivity index (χ1v) is 12.8. The maximum atomic E-state index is 13.5. The molecule has 0 aromatic heterocycles. The summed E-state index contributed by atoms with van der Waals surface area (Å²) in [6.45, 7) is 4.35. The lowest BCUT2D eigenvalue weighted by atomic mass is 9.85. The Morgan fingerprint density at radius 1 is 1.06 bits per heavy atom. The van der Waals surface area contributed by atoms with E-state index in [9.17, 15) is 17.2 Å². The number of halogens is 3. The summed E-state index contributed by atoms with van der Waals surface area (Å²) in [7, 11) is -3.57. The van der Waals surface area contributed by atoms with Gasteiger partial charge in [0.1, 0.15) is 17.5 Å². The molecule has 0 saturated carbocycles. The summed E-state index contributed by atoms with van der Waals surface area (Å²) < 4.78 is 54.9. The maximum Gasteiger partial charge on any atom is 0.243 e. The van der Waals surface area contributed by atoms with E-state index < -0.39 is 27.2 Å². The van der Waals surface area contributed by atoms with Crippen LogP contribution in [0.25, 0.3) is 0 Å². The van der Waals surface area contributed by atoms with Gasteiger partial charge in [-0.25, -0.2) is 17.2 Å². The van der Waals surface area contributed by atoms with Crippen LogP contribution in [0.1, 0.15) is 37.3 Å². The third kappa shape index (κ3) is 5.76. The van der Waals surface area contributed by atoms with Crippen molar-refractivity contribution in [2.24, 2.45) is 4.99 Å². The Morgan fingerprint density at radius 3 is 2.32 bits per heavy atom. The molecule has 2 aromatic carbocycles. The normalized spacial score (nSPS) is 18.3. The predicted molar refractivity (Wildman–Crippen MR) is 132 cm³/mol. The zero-order valence-electron chi connectivity index (χ0n) is 19.2. The van der Waals surface area contributed by atoms with Crippen molar-refractivity contribution in [2.75, 3.05) is 26.2 Å². The largest absolute Gasteiger partial charge is 0.368 e. The molecule has 186 valence electrons. The highest BCUT2D eigenvalue weighted by molar-refractivity contribution is 7.89. The highest BCUT2D eigenvalue weighted by Gasteiger charge is 2.43. The molecule has 34 heavy (non-hydrogen) atoms. The summed E-state index contributed by atoms with van der Waals surface area (Å²) in [6, 6.07) is 10.6. The van der Waals surface area contributed by atoms with E-state index in [1.807, 2.05) is 12.1 Å². The highest BCUT2D eigenvalue weighted by Crippen LogP contribution is 2.29. The van der Waals surface area contributed by atoms with E-state index in [2.05, 4.69) is 22.5 Å². The van der Waals surface area contributed by atoms with Crippen molar-refractivity contribution >= 4 is 28.3 Å². The summed E-state index contributed by atoms with van der Waals surface area (Å²) in [4.78, 5) is 4.94. The van der Waals surface area contributed by atoms with E-state index in [1.54, 1.807) is 12.1 Å². The molecule has 1 saturated heterocycles. The van der Waals surface area contributed by atoms with Crippen molar-refractivity contribution < 1.29 is 17.2 Å². The van der Waals surface area contributed by atoms with Gasteiger partial charge in [0, 0.05) is 32.2 Å². The van der Waals surface area contributed by atoms with Gasteiger partial charge in [0.15, 0.2) is 0 Å². The molecule has 0 aliphatic carbocycles. The molecule has 1 spiro atoms. The molecule has 2 aliphatic heterocycles. The summed E-state index contributed by atoms with van der Waals surface area (Å²) >= 11 is 0. The number of aliphatic imine (C=N–C) groups is 1. The molecule has 0 unspecified atom stereocenters. The molecule has 2 N–H and O–H groups in total. The van der Waals surface area contributed by atoms with Crippen LogP contribution in [0.15, 0.2) is 52.4 Å². The summed E-state index contributed by atoms with van der Waals surface area (Å²) in [5.74, 6) is -0.516. The number of amidine groups is 1. The van der Waals surface area contributed by atoms with E-state index >= 15 is 0 Å². The van der Waals surface area contributed by atoms with Gasteiger partial charge in [-0.05, 0) is 54.7 Å². The number of rotatable bonds is 6. The predicted octanol–water partition coefficient (Wildman–Crippen LogP) is 3.65. The second kappa shape index (κ2) is 11.1. The van der Waals surface area contributed by atoms with Crippen LogP contribution in [0.4, 0.5) is 8.78 Å². The van der Waals surface area contributed by atoms with Gasteiger partial charge >= 0.3 is 0 Å². The smallest absolute Gasteiger partial charge is 0.243 e. The van der Waals surface area contributed by atoms with Gasteiger partial charge in [-0.1, -0.05) is 25.5 Å². The maximum absolute atomic E-state index is 13.5. The number of piperidine rings is 1. The third-order valence-electron chi connectivity index (χ3n) is 6.36. The number of hydrogen-bond acceptors (Lipinski definition) is 5. The van der Waals surface area contributed by atoms with Crippen molar-refractivity contribution in [3.63, 3.8) is 0 Å². The van der Waals surface area contributed by atoms with Crippen molar-refractivity contribution in [3.8, 4) is 0 Å². The molecule has 0 atom stereocenters. The summed E-state index contributed by atoms with van der Waals surface area (Å²) in [5.41, 5.74) is 1.15. The van der Waals surface area contributed by atoms with Gasteiger partial charge in [0.25, 0.3) is 0 Å². The minimum absolute atomic E-state index is 0. The molecular weight excluding hydrogens is 482 g/mol. The Hall–Kier alpha value is -2.07. The molecule has 6 nitrogen and oxygen atoms in total. The Morgan fingerprint density at radius 2 is 1.71 bits per heavy atom. The van der Waals surface area contributed by atoms with Crippen LogP contribution < -0.4 is 10.6 Å². The van der Waals surface area contributed by atoms with Crippen LogP contribution in [0, 0.1) is 11.6 Å². The van der Waals surface area contributed by atoms with Crippen molar-refractivity contribution in [3.05, 3.63) is 65.2 Å². The fraction of sp³-hybridized carbons (Fsp3) is 0.458. The molecular formula is C24H31ClF2N4O2S. The molecule has 4 rings (SSSR count). The lowest BCUT2D eigenvalue weighted by Crippen LogP contribution is -2.64. The quantitative estimate of drug-likeness (QED) is 0.619. The van der Waals surface area contributed by atoms with Crippen LogP contribution in [0.3, 0.4) is 0 Å². The van der Waals surface area contributed by atoms with Crippen molar-refractivity contribution in [1.29, 1.82) is 0 Å². The van der Waals surface area contributed by atoms with Gasteiger partial charge in [-0.3, -0.25) is 4.99 Å². The van der Waals surface area contributed by atoms with Crippen LogP contribution in [-0.2, 0) is 23.0 Å². The minimum atomic E-state index is -3.57.